The summed E-state index contributed by atoms with van der Waals surface area (Å²) >= 11 is 0. The van der Waals surface area contributed by atoms with Gasteiger partial charge in [-0.3, -0.25) is 4.79 Å². The molecule has 0 saturated carbocycles. The van der Waals surface area contributed by atoms with Crippen molar-refractivity contribution in [1.82, 2.24) is 10.9 Å². The number of benzene rings is 1. The fourth-order valence-corrected chi connectivity index (χ4v) is 1.08. The third-order valence-electron chi connectivity index (χ3n) is 1.72. The highest BCUT2D eigenvalue weighted by atomic mass is 16.1. The van der Waals surface area contributed by atoms with Crippen molar-refractivity contribution >= 4 is 17.3 Å². The number of aliphatic imine (C=N–C) groups is 1. The van der Waals surface area contributed by atoms with Gasteiger partial charge >= 0.3 is 0 Å². The molecule has 0 atom stereocenters. The van der Waals surface area contributed by atoms with E-state index in [4.69, 9.17) is 0 Å². The Morgan fingerprint density at radius 2 is 2.00 bits per heavy atom. The zero-order valence-electron chi connectivity index (χ0n) is 6.95. The van der Waals surface area contributed by atoms with Crippen LogP contribution in [-0.4, -0.2) is 18.2 Å². The van der Waals surface area contributed by atoms with E-state index in [1.165, 1.54) is 0 Å². The molecule has 0 unspecified atom stereocenters. The molecular formula is C9H9N3O. The quantitative estimate of drug-likeness (QED) is 0.649. The van der Waals surface area contributed by atoms with Crippen molar-refractivity contribution in [2.75, 3.05) is 6.54 Å². The molecule has 0 spiro atoms. The molecule has 1 aromatic carbocycles. The number of nitrogens with zero attached hydrogens (tertiary/aromatic N) is 1. The van der Waals surface area contributed by atoms with E-state index in [1.807, 2.05) is 30.3 Å². The van der Waals surface area contributed by atoms with E-state index in [9.17, 15) is 4.79 Å². The number of hydrazine groups is 1. The molecule has 2 N–H and O–H groups in total. The summed E-state index contributed by atoms with van der Waals surface area (Å²) in [6.07, 6.45) is 0. The molecule has 1 fully saturated rings. The number of amidine groups is 1. The van der Waals surface area contributed by atoms with Gasteiger partial charge in [0, 0.05) is 0 Å². The molecule has 13 heavy (non-hydrogen) atoms. The average molecular weight is 175 g/mol. The smallest absolute Gasteiger partial charge is 0.214 e. The highest BCUT2D eigenvalue weighted by molar-refractivity contribution is 6.41. The zero-order valence-corrected chi connectivity index (χ0v) is 6.95. The first kappa shape index (κ1) is 7.94. The average Bonchev–Trinajstić information content (AvgIpc) is 2.54. The fraction of sp³-hybridized carbons (Fsp3) is 0.111. The molecule has 4 nitrogen and oxygen atoms in total. The number of rotatable bonds is 1. The number of hydrogen-bond acceptors (Lipinski definition) is 3. The summed E-state index contributed by atoms with van der Waals surface area (Å²) in [5, 5.41) is 0. The van der Waals surface area contributed by atoms with E-state index in [-0.39, 0.29) is 5.78 Å². The highest BCUT2D eigenvalue weighted by Gasteiger charge is 2.17. The molecule has 4 heteroatoms. The minimum absolute atomic E-state index is 0.0103. The molecule has 1 aliphatic rings. The third kappa shape index (κ3) is 1.73. The van der Waals surface area contributed by atoms with E-state index in [2.05, 4.69) is 15.8 Å². The van der Waals surface area contributed by atoms with Crippen LogP contribution >= 0.6 is 0 Å². The van der Waals surface area contributed by atoms with Crippen LogP contribution in [0.15, 0.2) is 35.3 Å². The van der Waals surface area contributed by atoms with Gasteiger partial charge < -0.3 is 5.43 Å². The monoisotopic (exact) mass is 175 g/mol. The molecule has 0 radical (unpaired) electrons. The van der Waals surface area contributed by atoms with Crippen LogP contribution in [0, 0.1) is 0 Å². The Kier molecular flexibility index (Phi) is 2.06. The molecule has 1 aliphatic heterocycles. The van der Waals surface area contributed by atoms with Gasteiger partial charge in [0.1, 0.15) is 0 Å². The Balaban J connectivity index is 2.25. The summed E-state index contributed by atoms with van der Waals surface area (Å²) in [4.78, 5) is 15.3. The van der Waals surface area contributed by atoms with Crippen LogP contribution in [0.3, 0.4) is 0 Å². The number of Topliss-reactive ketones (excluding diaryl/α,β-unsaturated/α-hetero) is 1. The van der Waals surface area contributed by atoms with Crippen LogP contribution in [0.25, 0.3) is 0 Å². The molecule has 66 valence electrons. The molecule has 1 saturated heterocycles. The van der Waals surface area contributed by atoms with Gasteiger partial charge in [0.25, 0.3) is 0 Å². The molecule has 0 amide bonds. The first-order chi connectivity index (χ1) is 6.36. The Morgan fingerprint density at radius 3 is 2.62 bits per heavy atom. The topological polar surface area (TPSA) is 53.5 Å². The highest BCUT2D eigenvalue weighted by Crippen LogP contribution is 2.09. The maximum atomic E-state index is 11.1. The molecular weight excluding hydrogens is 166 g/mol. The summed E-state index contributed by atoms with van der Waals surface area (Å²) in [6.45, 7) is 0.311. The second kappa shape index (κ2) is 3.37. The van der Waals surface area contributed by atoms with Crippen molar-refractivity contribution in [3.8, 4) is 0 Å². The number of hydrogen-bond donors (Lipinski definition) is 2. The second-order valence-corrected chi connectivity index (χ2v) is 2.70. The van der Waals surface area contributed by atoms with Gasteiger partial charge in [0.2, 0.25) is 5.78 Å². The molecule has 0 aliphatic carbocycles. The minimum atomic E-state index is -0.0103. The van der Waals surface area contributed by atoms with Crippen molar-refractivity contribution in [3.63, 3.8) is 0 Å². The standard InChI is InChI=1S/C9H9N3O/c13-8-6-10-12-9(8)11-7-4-2-1-3-5-7/h1-5,10H,6H2,(H,11,12). The predicted molar refractivity (Wildman–Crippen MR) is 49.7 cm³/mol. The van der Waals surface area contributed by atoms with Gasteiger partial charge in [-0.1, -0.05) is 18.2 Å². The Bertz CT molecular complexity index is 345. The maximum absolute atomic E-state index is 11.1. The normalized spacial score (nSPS) is 19.1. The van der Waals surface area contributed by atoms with Crippen LogP contribution in [0.4, 0.5) is 5.69 Å². The fourth-order valence-electron chi connectivity index (χ4n) is 1.08. The van der Waals surface area contributed by atoms with Crippen molar-refractivity contribution in [1.29, 1.82) is 0 Å². The molecule has 2 rings (SSSR count). The molecule has 1 aromatic rings. The lowest BCUT2D eigenvalue weighted by atomic mass is 10.3. The summed E-state index contributed by atoms with van der Waals surface area (Å²) < 4.78 is 0. The van der Waals surface area contributed by atoms with E-state index in [0.717, 1.165) is 5.69 Å². The first-order valence-electron chi connectivity index (χ1n) is 4.02. The van der Waals surface area contributed by atoms with Crippen molar-refractivity contribution in [2.45, 2.75) is 0 Å². The van der Waals surface area contributed by atoms with Crippen molar-refractivity contribution in [3.05, 3.63) is 30.3 Å². The number of nitrogens with one attached hydrogen (secondary N) is 2. The van der Waals surface area contributed by atoms with Gasteiger partial charge in [-0.2, -0.15) is 0 Å². The molecule has 0 aromatic heterocycles. The number of carbonyl (C=O) groups is 1. The van der Waals surface area contributed by atoms with Gasteiger partial charge in [0.05, 0.1) is 12.2 Å². The number of ketones is 1. The van der Waals surface area contributed by atoms with E-state index < -0.39 is 0 Å². The van der Waals surface area contributed by atoms with Crippen molar-refractivity contribution < 1.29 is 4.79 Å². The summed E-state index contributed by atoms with van der Waals surface area (Å²) in [6, 6.07) is 9.37. The van der Waals surface area contributed by atoms with Crippen LogP contribution in [0.1, 0.15) is 0 Å². The lowest BCUT2D eigenvalue weighted by Crippen LogP contribution is -2.26. The van der Waals surface area contributed by atoms with Crippen LogP contribution in [-0.2, 0) is 4.79 Å². The predicted octanol–water partition coefficient (Wildman–Crippen LogP) is 0.393. The Hall–Kier alpha value is -1.68. The largest absolute Gasteiger partial charge is 0.302 e. The zero-order chi connectivity index (χ0) is 9.10. The summed E-state index contributed by atoms with van der Waals surface area (Å²) in [5.74, 6) is 0.370. The molecule has 1 heterocycles. The minimum Gasteiger partial charge on any atom is -0.302 e. The molecule has 0 bridgehead atoms. The van der Waals surface area contributed by atoms with E-state index in [1.54, 1.807) is 0 Å². The SMILES string of the molecule is O=C1CNNC1=Nc1ccccc1. The van der Waals surface area contributed by atoms with Gasteiger partial charge in [0.15, 0.2) is 5.84 Å². The first-order valence-corrected chi connectivity index (χ1v) is 4.02. The second-order valence-electron chi connectivity index (χ2n) is 2.70. The third-order valence-corrected chi connectivity index (χ3v) is 1.72. The maximum Gasteiger partial charge on any atom is 0.214 e. The number of carbonyl (C=O) groups excluding carboxylic acids is 1. The van der Waals surface area contributed by atoms with Crippen molar-refractivity contribution in [2.24, 2.45) is 4.99 Å². The van der Waals surface area contributed by atoms with Crippen LogP contribution in [0.2, 0.25) is 0 Å². The van der Waals surface area contributed by atoms with E-state index >= 15 is 0 Å². The van der Waals surface area contributed by atoms with Gasteiger partial charge in [-0.25, -0.2) is 10.4 Å². The lowest BCUT2D eigenvalue weighted by Gasteiger charge is -1.95. The van der Waals surface area contributed by atoms with Gasteiger partial charge in [-0.15, -0.1) is 0 Å². The van der Waals surface area contributed by atoms with Crippen LogP contribution in [0.5, 0.6) is 0 Å². The summed E-state index contributed by atoms with van der Waals surface area (Å²) in [7, 11) is 0. The summed E-state index contributed by atoms with van der Waals surface area (Å²) in [5.41, 5.74) is 6.20. The van der Waals surface area contributed by atoms with Crippen LogP contribution < -0.4 is 10.9 Å². The van der Waals surface area contributed by atoms with E-state index in [0.29, 0.717) is 12.4 Å². The lowest BCUT2D eigenvalue weighted by molar-refractivity contribution is -0.111. The number of para-hydroxylation sites is 1. The Morgan fingerprint density at radius 1 is 1.23 bits per heavy atom. The Labute approximate surface area is 75.6 Å². The van der Waals surface area contributed by atoms with Gasteiger partial charge in [-0.05, 0) is 12.1 Å².